The largest absolute Gasteiger partial charge is 0.494 e. The Bertz CT molecular complexity index is 1060. The van der Waals surface area contributed by atoms with Gasteiger partial charge in [0.1, 0.15) is 23.8 Å². The van der Waals surface area contributed by atoms with Crippen LogP contribution in [0.25, 0.3) is 0 Å². The lowest BCUT2D eigenvalue weighted by Crippen LogP contribution is -2.39. The van der Waals surface area contributed by atoms with Crippen molar-refractivity contribution in [1.29, 1.82) is 0 Å². The van der Waals surface area contributed by atoms with E-state index in [2.05, 4.69) is 38.7 Å². The number of hydrogen-bond donors (Lipinski definition) is 0. The highest BCUT2D eigenvalue weighted by molar-refractivity contribution is 5.27. The molecule has 35 heavy (non-hydrogen) atoms. The topological polar surface area (TPSA) is 48.8 Å². The molecule has 0 bridgehead atoms. The minimum absolute atomic E-state index is 0.282. The van der Waals surface area contributed by atoms with E-state index in [1.54, 1.807) is 25.3 Å². The molecule has 1 aliphatic heterocycles. The van der Waals surface area contributed by atoms with Gasteiger partial charge in [0, 0.05) is 39.1 Å². The maximum atomic E-state index is 14.0. The van der Waals surface area contributed by atoms with Crippen LogP contribution >= 0.6 is 0 Å². The molecule has 2 heterocycles. The van der Waals surface area contributed by atoms with Crippen molar-refractivity contribution < 1.29 is 18.6 Å². The highest BCUT2D eigenvalue weighted by Crippen LogP contribution is 2.29. The predicted molar refractivity (Wildman–Crippen MR) is 134 cm³/mol. The minimum Gasteiger partial charge on any atom is -0.494 e. The Morgan fingerprint density at radius 3 is 2.60 bits per heavy atom. The van der Waals surface area contributed by atoms with Crippen molar-refractivity contribution in [2.75, 3.05) is 33.4 Å². The molecule has 0 N–H and O–H groups in total. The van der Waals surface area contributed by atoms with E-state index in [0.717, 1.165) is 63.4 Å². The van der Waals surface area contributed by atoms with Crippen molar-refractivity contribution in [3.63, 3.8) is 0 Å². The molecular weight excluding hydrogens is 445 g/mol. The Hall–Kier alpha value is -2.90. The molecule has 0 aliphatic carbocycles. The molecule has 0 unspecified atom stereocenters. The van der Waals surface area contributed by atoms with Crippen molar-refractivity contribution in [2.45, 2.75) is 51.3 Å². The lowest BCUT2D eigenvalue weighted by molar-refractivity contribution is -0.0548. The fourth-order valence-corrected chi connectivity index (χ4v) is 4.57. The fourth-order valence-electron chi connectivity index (χ4n) is 4.57. The molecule has 188 valence electrons. The van der Waals surface area contributed by atoms with E-state index < -0.39 is 5.60 Å². The van der Waals surface area contributed by atoms with Gasteiger partial charge in [0.25, 0.3) is 0 Å². The molecule has 2 aromatic carbocycles. The molecule has 4 rings (SSSR count). The number of rotatable bonds is 11. The van der Waals surface area contributed by atoms with Gasteiger partial charge in [0.2, 0.25) is 0 Å². The number of aryl methyl sites for hydroxylation is 2. The minimum atomic E-state index is -0.399. The second kappa shape index (κ2) is 12.2. The number of imidazole rings is 1. The highest BCUT2D eigenvalue weighted by Gasteiger charge is 2.34. The van der Waals surface area contributed by atoms with Crippen LogP contribution in [0.1, 0.15) is 37.1 Å². The first-order valence-electron chi connectivity index (χ1n) is 12.4. The quantitative estimate of drug-likeness (QED) is 0.350. The lowest BCUT2D eigenvalue weighted by Gasteiger charge is -2.31. The van der Waals surface area contributed by atoms with Crippen molar-refractivity contribution in [2.24, 2.45) is 0 Å². The molecule has 1 atom stereocenters. The molecule has 0 saturated carbocycles. The van der Waals surface area contributed by atoms with Gasteiger partial charge in [-0.3, -0.25) is 4.90 Å². The Morgan fingerprint density at radius 1 is 1.03 bits per heavy atom. The Labute approximate surface area is 207 Å². The van der Waals surface area contributed by atoms with Crippen molar-refractivity contribution in [3.8, 4) is 11.5 Å². The monoisotopic (exact) mass is 481 g/mol. The first-order valence-corrected chi connectivity index (χ1v) is 12.4. The first-order chi connectivity index (χ1) is 17.1. The molecule has 7 heteroatoms. The molecule has 3 aromatic rings. The third-order valence-corrected chi connectivity index (χ3v) is 6.82. The molecule has 6 nitrogen and oxygen atoms in total. The van der Waals surface area contributed by atoms with Gasteiger partial charge in [-0.15, -0.1) is 0 Å². The molecule has 1 aliphatic rings. The average molecular weight is 482 g/mol. The molecular formula is C28H36FN3O3. The third-order valence-electron chi connectivity index (χ3n) is 6.82. The van der Waals surface area contributed by atoms with Crippen LogP contribution in [0.2, 0.25) is 0 Å². The standard InChI is InChI=1S/C28H36FN3O3/c1-23-30-15-19-32(23)17-6-20-34-25-11-9-24(10-12-25)21-31-16-5-13-28(33-2,14-18-31)22-35-27-8-4-3-7-26(27)29/h3-4,7-12,15,19H,5-6,13-14,16-18,20-22H2,1-2H3/t28-/m0/s1. The second-order valence-electron chi connectivity index (χ2n) is 9.25. The van der Waals surface area contributed by atoms with Gasteiger partial charge in [-0.25, -0.2) is 9.37 Å². The summed E-state index contributed by atoms with van der Waals surface area (Å²) in [6.45, 7) is 6.74. The number of nitrogens with zero attached hydrogens (tertiary/aromatic N) is 3. The predicted octanol–water partition coefficient (Wildman–Crippen LogP) is 5.25. The number of halogens is 1. The summed E-state index contributed by atoms with van der Waals surface area (Å²) in [6.07, 6.45) is 7.50. The summed E-state index contributed by atoms with van der Waals surface area (Å²) >= 11 is 0. The van der Waals surface area contributed by atoms with Crippen molar-refractivity contribution in [1.82, 2.24) is 14.5 Å². The van der Waals surface area contributed by atoms with Gasteiger partial charge in [-0.1, -0.05) is 24.3 Å². The SMILES string of the molecule is CO[C@@]1(COc2ccccc2F)CCCN(Cc2ccc(OCCCn3ccnc3C)cc2)CC1. The van der Waals surface area contributed by atoms with Crippen LogP contribution in [-0.2, 0) is 17.8 Å². The van der Waals surface area contributed by atoms with E-state index in [1.165, 1.54) is 11.6 Å². The van der Waals surface area contributed by atoms with Crippen LogP contribution in [0.5, 0.6) is 11.5 Å². The van der Waals surface area contributed by atoms with Crippen LogP contribution in [0.15, 0.2) is 60.9 Å². The number of para-hydroxylation sites is 1. The zero-order valence-corrected chi connectivity index (χ0v) is 20.8. The zero-order valence-electron chi connectivity index (χ0n) is 20.8. The van der Waals surface area contributed by atoms with Gasteiger partial charge in [-0.2, -0.15) is 0 Å². The summed E-state index contributed by atoms with van der Waals surface area (Å²) in [5.41, 5.74) is 0.864. The zero-order chi connectivity index (χ0) is 24.5. The summed E-state index contributed by atoms with van der Waals surface area (Å²) < 4.78 is 33.8. The van der Waals surface area contributed by atoms with Crippen LogP contribution in [-0.4, -0.2) is 53.5 Å². The molecule has 0 amide bonds. The number of ether oxygens (including phenoxy) is 3. The highest BCUT2D eigenvalue weighted by atomic mass is 19.1. The number of aromatic nitrogens is 2. The van der Waals surface area contributed by atoms with Gasteiger partial charge in [0.05, 0.1) is 6.61 Å². The normalized spacial score (nSPS) is 18.8. The van der Waals surface area contributed by atoms with Crippen LogP contribution in [0.4, 0.5) is 4.39 Å². The third kappa shape index (κ3) is 7.05. The Balaban J connectivity index is 1.22. The first kappa shape index (κ1) is 25.2. The molecule has 0 spiro atoms. The molecule has 1 fully saturated rings. The Morgan fingerprint density at radius 2 is 1.86 bits per heavy atom. The van der Waals surface area contributed by atoms with Gasteiger partial charge in [0.15, 0.2) is 11.6 Å². The smallest absolute Gasteiger partial charge is 0.165 e. The number of hydrogen-bond acceptors (Lipinski definition) is 5. The van der Waals surface area contributed by atoms with Crippen molar-refractivity contribution in [3.05, 3.63) is 78.1 Å². The summed E-state index contributed by atoms with van der Waals surface area (Å²) in [6, 6.07) is 14.9. The van der Waals surface area contributed by atoms with E-state index in [1.807, 2.05) is 19.3 Å². The average Bonchev–Trinajstić information content (AvgIpc) is 3.18. The molecule has 0 radical (unpaired) electrons. The van der Waals surface area contributed by atoms with Gasteiger partial charge >= 0.3 is 0 Å². The maximum absolute atomic E-state index is 14.0. The maximum Gasteiger partial charge on any atom is 0.165 e. The fraction of sp³-hybridized carbons (Fsp3) is 0.464. The summed E-state index contributed by atoms with van der Waals surface area (Å²) in [5.74, 6) is 1.87. The van der Waals surface area contributed by atoms with Crippen LogP contribution < -0.4 is 9.47 Å². The molecule has 1 aromatic heterocycles. The molecule has 1 saturated heterocycles. The summed E-state index contributed by atoms with van der Waals surface area (Å²) in [5, 5.41) is 0. The second-order valence-corrected chi connectivity index (χ2v) is 9.25. The lowest BCUT2D eigenvalue weighted by atomic mass is 9.95. The van der Waals surface area contributed by atoms with Gasteiger partial charge < -0.3 is 18.8 Å². The Kier molecular flexibility index (Phi) is 8.77. The summed E-state index contributed by atoms with van der Waals surface area (Å²) in [7, 11) is 1.73. The van der Waals surface area contributed by atoms with E-state index in [9.17, 15) is 4.39 Å². The number of likely N-dealkylation sites (tertiary alicyclic amines) is 1. The van der Waals surface area contributed by atoms with E-state index in [0.29, 0.717) is 13.2 Å². The van der Waals surface area contributed by atoms with E-state index >= 15 is 0 Å². The van der Waals surface area contributed by atoms with Crippen molar-refractivity contribution >= 4 is 0 Å². The van der Waals surface area contributed by atoms with E-state index in [4.69, 9.17) is 14.2 Å². The number of benzene rings is 2. The van der Waals surface area contributed by atoms with Crippen LogP contribution in [0, 0.1) is 12.7 Å². The van der Waals surface area contributed by atoms with Gasteiger partial charge in [-0.05, 0) is 69.0 Å². The van der Waals surface area contributed by atoms with E-state index in [-0.39, 0.29) is 11.6 Å². The number of methoxy groups -OCH3 is 1. The van der Waals surface area contributed by atoms with Crippen LogP contribution in [0.3, 0.4) is 0 Å². The summed E-state index contributed by atoms with van der Waals surface area (Å²) in [4.78, 5) is 6.70.